The average molecular weight is 296 g/mol. The molecule has 0 radical (unpaired) electrons. The summed E-state index contributed by atoms with van der Waals surface area (Å²) in [6, 6.07) is 0. The lowest BCUT2D eigenvalue weighted by Gasteiger charge is -2.17. The number of rotatable bonds is 7. The molecule has 9 heteroatoms. The Kier molecular flexibility index (Phi) is 6.91. The van der Waals surface area contributed by atoms with Crippen LogP contribution in [0.1, 0.15) is 13.3 Å². The second-order valence-electron chi connectivity index (χ2n) is 3.84. The third-order valence-corrected chi connectivity index (χ3v) is 2.10. The summed E-state index contributed by atoms with van der Waals surface area (Å²) in [6.45, 7) is 0.791. The molecule has 0 saturated carbocycles. The van der Waals surface area contributed by atoms with Crippen LogP contribution in [0.5, 0.6) is 0 Å². The number of methoxy groups -OCH3 is 1. The molecule has 20 heavy (non-hydrogen) atoms. The molecule has 0 fully saturated rings. The van der Waals surface area contributed by atoms with Gasteiger partial charge in [0.25, 0.3) is 0 Å². The minimum Gasteiger partial charge on any atom is -0.469 e. The number of aliphatic hydroxyl groups excluding tert-OH is 1. The number of alkyl halides is 3. The van der Waals surface area contributed by atoms with Gasteiger partial charge < -0.3 is 20.6 Å². The first-order chi connectivity index (χ1) is 9.13. The topological polar surface area (TPSA) is 99.5 Å². The van der Waals surface area contributed by atoms with Crippen molar-refractivity contribution < 1.29 is 32.6 Å². The van der Waals surface area contributed by atoms with Crippen LogP contribution >= 0.6 is 0 Å². The van der Waals surface area contributed by atoms with Crippen LogP contribution in [0, 0.1) is 5.41 Å². The molecule has 0 bridgehead atoms. The van der Waals surface area contributed by atoms with Gasteiger partial charge in [-0.3, -0.25) is 9.59 Å². The average Bonchev–Trinajstić information content (AvgIpc) is 2.31. The number of nitrogens with one attached hydrogen (secondary N) is 2. The fourth-order valence-corrected chi connectivity index (χ4v) is 1.19. The third kappa shape index (κ3) is 5.83. The van der Waals surface area contributed by atoms with Gasteiger partial charge >= 0.3 is 12.1 Å². The van der Waals surface area contributed by atoms with E-state index in [2.05, 4.69) is 4.74 Å². The Morgan fingerprint density at radius 2 is 2.00 bits per heavy atom. The van der Waals surface area contributed by atoms with Gasteiger partial charge in [-0.2, -0.15) is 13.2 Å². The smallest absolute Gasteiger partial charge is 0.431 e. The Morgan fingerprint density at radius 3 is 2.35 bits per heavy atom. The molecular weight excluding hydrogens is 281 g/mol. The van der Waals surface area contributed by atoms with Crippen LogP contribution in [0.3, 0.4) is 0 Å². The van der Waals surface area contributed by atoms with Crippen molar-refractivity contribution in [3.63, 3.8) is 0 Å². The van der Waals surface area contributed by atoms with Gasteiger partial charge in [0.15, 0.2) is 5.78 Å². The van der Waals surface area contributed by atoms with Gasteiger partial charge in [0.2, 0.25) is 0 Å². The SMILES string of the molecule is COC(=O)CC(=O)/C(C=N)=C(/NC[C@H](C)O)C(F)(F)F. The van der Waals surface area contributed by atoms with Gasteiger partial charge in [-0.05, 0) is 6.92 Å². The van der Waals surface area contributed by atoms with Gasteiger partial charge in [-0.25, -0.2) is 0 Å². The van der Waals surface area contributed by atoms with Crippen LogP contribution in [0.15, 0.2) is 11.3 Å². The molecule has 3 N–H and O–H groups in total. The molecule has 114 valence electrons. The first kappa shape index (κ1) is 18.1. The summed E-state index contributed by atoms with van der Waals surface area (Å²) in [7, 11) is 0.986. The molecule has 0 rings (SSSR count). The molecule has 0 saturated heterocycles. The largest absolute Gasteiger partial charge is 0.469 e. The highest BCUT2D eigenvalue weighted by molar-refractivity contribution is 6.17. The van der Waals surface area contributed by atoms with Crippen molar-refractivity contribution in [2.24, 2.45) is 0 Å². The van der Waals surface area contributed by atoms with E-state index in [-0.39, 0.29) is 6.21 Å². The molecule has 6 nitrogen and oxygen atoms in total. The third-order valence-electron chi connectivity index (χ3n) is 2.10. The minimum atomic E-state index is -4.92. The number of Topliss-reactive ketones (excluding diaryl/α,β-unsaturated/α-hetero) is 1. The number of halogens is 3. The highest BCUT2D eigenvalue weighted by Gasteiger charge is 2.38. The molecule has 0 spiro atoms. The monoisotopic (exact) mass is 296 g/mol. The predicted octanol–water partition coefficient (Wildman–Crippen LogP) is 0.555. The lowest BCUT2D eigenvalue weighted by atomic mass is 10.1. The fraction of sp³-hybridized carbons (Fsp3) is 0.545. The number of allylic oxidation sites excluding steroid dienone is 2. The van der Waals surface area contributed by atoms with Gasteiger partial charge in [0.05, 0.1) is 18.8 Å². The molecule has 0 aliphatic heterocycles. The highest BCUT2D eigenvalue weighted by Crippen LogP contribution is 2.26. The zero-order chi connectivity index (χ0) is 15.9. The quantitative estimate of drug-likeness (QED) is 0.276. The van der Waals surface area contributed by atoms with Crippen molar-refractivity contribution >= 4 is 18.0 Å². The predicted molar refractivity (Wildman–Crippen MR) is 63.2 cm³/mol. The molecule has 0 amide bonds. The van der Waals surface area contributed by atoms with Crippen molar-refractivity contribution in [1.82, 2.24) is 5.32 Å². The number of carbonyl (C=O) groups excluding carboxylic acids is 2. The van der Waals surface area contributed by atoms with Crippen LogP contribution in [0.4, 0.5) is 13.2 Å². The summed E-state index contributed by atoms with van der Waals surface area (Å²) >= 11 is 0. The second-order valence-corrected chi connectivity index (χ2v) is 3.84. The van der Waals surface area contributed by atoms with Crippen LogP contribution in [0.2, 0.25) is 0 Å². The molecule has 0 aromatic heterocycles. The van der Waals surface area contributed by atoms with Gasteiger partial charge in [0, 0.05) is 12.8 Å². The summed E-state index contributed by atoms with van der Waals surface area (Å²) in [6.07, 6.45) is -6.71. The van der Waals surface area contributed by atoms with Crippen molar-refractivity contribution in [3.05, 3.63) is 11.3 Å². The maximum Gasteiger partial charge on any atom is 0.431 e. The van der Waals surface area contributed by atoms with E-state index >= 15 is 0 Å². The Labute approximate surface area is 113 Å². The first-order valence-electron chi connectivity index (χ1n) is 5.47. The van der Waals surface area contributed by atoms with E-state index in [1.807, 2.05) is 5.32 Å². The number of hydrogen-bond donors (Lipinski definition) is 3. The van der Waals surface area contributed by atoms with E-state index in [1.54, 1.807) is 0 Å². The van der Waals surface area contributed by atoms with Gasteiger partial charge in [-0.1, -0.05) is 0 Å². The van der Waals surface area contributed by atoms with Gasteiger partial charge in [0.1, 0.15) is 12.1 Å². The van der Waals surface area contributed by atoms with Crippen molar-refractivity contribution in [3.8, 4) is 0 Å². The van der Waals surface area contributed by atoms with Crippen LogP contribution in [-0.2, 0) is 14.3 Å². The molecule has 0 aliphatic carbocycles. The standard InChI is InChI=1S/C11H15F3N2O4/c1-6(17)5-16-10(11(12,13)14)7(4-15)8(18)3-9(19)20-2/h4,6,15-17H,3,5H2,1-2H3/b10-7+,15-4?/t6-/m0/s1. The Hall–Kier alpha value is -1.90. The van der Waals surface area contributed by atoms with Crippen LogP contribution < -0.4 is 5.32 Å². The molecule has 0 aromatic carbocycles. The number of ether oxygens (including phenoxy) is 1. The lowest BCUT2D eigenvalue weighted by molar-refractivity contribution is -0.142. The second kappa shape index (κ2) is 7.63. The maximum absolute atomic E-state index is 12.8. The number of aliphatic hydroxyl groups is 1. The van der Waals surface area contributed by atoms with Crippen LogP contribution in [-0.4, -0.2) is 49.0 Å². The number of esters is 1. The van der Waals surface area contributed by atoms with Crippen molar-refractivity contribution in [2.75, 3.05) is 13.7 Å². The normalized spacial score (nSPS) is 14.1. The Morgan fingerprint density at radius 1 is 1.45 bits per heavy atom. The number of hydrogen-bond acceptors (Lipinski definition) is 6. The van der Waals surface area contributed by atoms with E-state index in [4.69, 9.17) is 10.5 Å². The van der Waals surface area contributed by atoms with Gasteiger partial charge in [-0.15, -0.1) is 0 Å². The van der Waals surface area contributed by atoms with Crippen LogP contribution in [0.25, 0.3) is 0 Å². The molecule has 0 aliphatic rings. The first-order valence-corrected chi connectivity index (χ1v) is 5.47. The molecule has 0 heterocycles. The maximum atomic E-state index is 12.8. The number of carbonyl (C=O) groups is 2. The molecule has 1 atom stereocenters. The van der Waals surface area contributed by atoms with E-state index < -0.39 is 48.3 Å². The van der Waals surface area contributed by atoms with Crippen molar-refractivity contribution in [2.45, 2.75) is 25.6 Å². The molecular formula is C11H15F3N2O4. The Balaban J connectivity index is 5.42. The Bertz CT molecular complexity index is 416. The number of ketones is 1. The summed E-state index contributed by atoms with van der Waals surface area (Å²) in [5.74, 6) is -2.20. The molecule has 0 aromatic rings. The summed E-state index contributed by atoms with van der Waals surface area (Å²) in [5, 5.41) is 17.8. The zero-order valence-electron chi connectivity index (χ0n) is 10.9. The van der Waals surface area contributed by atoms with E-state index in [0.29, 0.717) is 0 Å². The minimum absolute atomic E-state index is 0.211. The summed E-state index contributed by atoms with van der Waals surface area (Å²) < 4.78 is 42.6. The van der Waals surface area contributed by atoms with E-state index in [0.717, 1.165) is 7.11 Å². The highest BCUT2D eigenvalue weighted by atomic mass is 19.4. The van der Waals surface area contributed by atoms with E-state index in [1.165, 1.54) is 6.92 Å². The summed E-state index contributed by atoms with van der Waals surface area (Å²) in [5.41, 5.74) is -2.47. The van der Waals surface area contributed by atoms with E-state index in [9.17, 15) is 22.8 Å². The lowest BCUT2D eigenvalue weighted by Crippen LogP contribution is -2.34. The summed E-state index contributed by atoms with van der Waals surface area (Å²) in [4.78, 5) is 22.5. The molecule has 0 unspecified atom stereocenters. The van der Waals surface area contributed by atoms with Crippen molar-refractivity contribution in [1.29, 1.82) is 5.41 Å². The fourth-order valence-electron chi connectivity index (χ4n) is 1.19. The zero-order valence-corrected chi connectivity index (χ0v) is 10.9.